The molecule has 0 bridgehead atoms. The first-order chi connectivity index (χ1) is 11.4. The maximum absolute atomic E-state index is 13.5. The molecule has 0 aliphatic carbocycles. The van der Waals surface area contributed by atoms with Gasteiger partial charge in [0, 0.05) is 12.1 Å². The fourth-order valence-corrected chi connectivity index (χ4v) is 2.44. The Morgan fingerprint density at radius 2 is 2.17 bits per heavy atom. The Balaban J connectivity index is 1.69. The maximum Gasteiger partial charge on any atom is 0.253 e. The highest BCUT2D eigenvalue weighted by molar-refractivity contribution is 5.96. The highest BCUT2D eigenvalue weighted by Gasteiger charge is 2.29. The normalized spacial score (nSPS) is 16.7. The molecule has 0 radical (unpaired) electrons. The van der Waals surface area contributed by atoms with Crippen LogP contribution in [0.4, 0.5) is 14.5 Å². The van der Waals surface area contributed by atoms with E-state index in [0.717, 1.165) is 12.1 Å². The summed E-state index contributed by atoms with van der Waals surface area (Å²) in [6, 6.07) is 1.89. The summed E-state index contributed by atoms with van der Waals surface area (Å²) in [5.74, 6) is -1.31. The van der Waals surface area contributed by atoms with Crippen LogP contribution < -0.4 is 9.64 Å². The number of fused-ring (bicyclic) bond motifs is 1. The van der Waals surface area contributed by atoms with Crippen molar-refractivity contribution in [2.24, 2.45) is 0 Å². The highest BCUT2D eigenvalue weighted by atomic mass is 19.2. The van der Waals surface area contributed by atoms with E-state index in [2.05, 4.69) is 4.98 Å². The molecule has 1 amide bonds. The summed E-state index contributed by atoms with van der Waals surface area (Å²) in [4.78, 5) is 17.7. The van der Waals surface area contributed by atoms with Gasteiger partial charge in [0.05, 0.1) is 18.4 Å². The number of ether oxygens (including phenoxy) is 2. The van der Waals surface area contributed by atoms with E-state index in [-0.39, 0.29) is 43.2 Å². The first-order valence-corrected chi connectivity index (χ1v) is 7.39. The largest absolute Gasteiger partial charge is 0.487 e. The molecule has 24 heavy (non-hydrogen) atoms. The van der Waals surface area contributed by atoms with Crippen molar-refractivity contribution in [1.82, 2.24) is 4.98 Å². The predicted molar refractivity (Wildman–Crippen MR) is 79.7 cm³/mol. The van der Waals surface area contributed by atoms with Crippen molar-refractivity contribution in [3.63, 3.8) is 0 Å². The maximum atomic E-state index is 13.5. The standard InChI is InChI=1S/C16H16F2N2O4/c1-9-5-19-15(24-9)7-22-8-16(21)20-6-10(2)23-14-4-12(18)11(17)3-13(14)20/h3-5,10H,6-8H2,1-2H3. The number of oxazole rings is 1. The molecule has 128 valence electrons. The molecule has 1 aliphatic rings. The Labute approximate surface area is 137 Å². The molecule has 6 nitrogen and oxygen atoms in total. The quantitative estimate of drug-likeness (QED) is 0.857. The lowest BCUT2D eigenvalue weighted by molar-refractivity contribution is -0.124. The number of aromatic nitrogens is 1. The molecule has 1 aliphatic heterocycles. The van der Waals surface area contributed by atoms with E-state index < -0.39 is 11.6 Å². The summed E-state index contributed by atoms with van der Waals surface area (Å²) < 4.78 is 42.8. The molecule has 1 aromatic heterocycles. The summed E-state index contributed by atoms with van der Waals surface area (Å²) in [5.41, 5.74) is 0.188. The van der Waals surface area contributed by atoms with E-state index in [1.165, 1.54) is 4.90 Å². The first kappa shape index (κ1) is 16.4. The third-order valence-corrected chi connectivity index (χ3v) is 3.48. The van der Waals surface area contributed by atoms with Gasteiger partial charge in [-0.25, -0.2) is 13.8 Å². The molecule has 3 rings (SSSR count). The van der Waals surface area contributed by atoms with Gasteiger partial charge in [0.1, 0.15) is 30.8 Å². The SMILES string of the molecule is Cc1cnc(COCC(=O)N2CC(C)Oc3cc(F)c(F)cc32)o1. The van der Waals surface area contributed by atoms with Gasteiger partial charge in [0.2, 0.25) is 5.89 Å². The Kier molecular flexibility index (Phi) is 4.48. The molecular weight excluding hydrogens is 322 g/mol. The van der Waals surface area contributed by atoms with Crippen molar-refractivity contribution in [2.75, 3.05) is 18.1 Å². The molecule has 0 spiro atoms. The van der Waals surface area contributed by atoms with Crippen LogP contribution in [0.15, 0.2) is 22.7 Å². The van der Waals surface area contributed by atoms with Crippen LogP contribution in [0.2, 0.25) is 0 Å². The van der Waals surface area contributed by atoms with Gasteiger partial charge in [0.15, 0.2) is 11.6 Å². The minimum Gasteiger partial charge on any atom is -0.487 e. The number of anilines is 1. The second kappa shape index (κ2) is 6.56. The van der Waals surface area contributed by atoms with Crippen molar-refractivity contribution < 1.29 is 27.5 Å². The van der Waals surface area contributed by atoms with Crippen LogP contribution in [-0.2, 0) is 16.1 Å². The second-order valence-electron chi connectivity index (χ2n) is 5.52. The van der Waals surface area contributed by atoms with E-state index in [0.29, 0.717) is 11.7 Å². The van der Waals surface area contributed by atoms with Gasteiger partial charge < -0.3 is 18.8 Å². The summed E-state index contributed by atoms with van der Waals surface area (Å²) in [7, 11) is 0. The summed E-state index contributed by atoms with van der Waals surface area (Å²) in [6.45, 7) is 3.51. The van der Waals surface area contributed by atoms with Gasteiger partial charge in [0.25, 0.3) is 5.91 Å². The molecule has 0 N–H and O–H groups in total. The van der Waals surface area contributed by atoms with E-state index in [9.17, 15) is 13.6 Å². The number of benzene rings is 1. The molecule has 1 unspecified atom stereocenters. The average Bonchev–Trinajstić information content (AvgIpc) is 2.93. The lowest BCUT2D eigenvalue weighted by atomic mass is 10.2. The fourth-order valence-electron chi connectivity index (χ4n) is 2.44. The molecule has 0 saturated carbocycles. The number of carbonyl (C=O) groups excluding carboxylic acids is 1. The number of amides is 1. The van der Waals surface area contributed by atoms with Crippen LogP contribution in [-0.4, -0.2) is 30.1 Å². The number of hydrogen-bond donors (Lipinski definition) is 0. The minimum atomic E-state index is -1.04. The smallest absolute Gasteiger partial charge is 0.253 e. The Hall–Kier alpha value is -2.48. The van der Waals surface area contributed by atoms with Gasteiger partial charge in [-0.05, 0) is 13.8 Å². The number of aryl methyl sites for hydroxylation is 1. The van der Waals surface area contributed by atoms with Crippen LogP contribution in [0.5, 0.6) is 5.75 Å². The number of carbonyl (C=O) groups is 1. The van der Waals surface area contributed by atoms with Gasteiger partial charge in [-0.15, -0.1) is 0 Å². The number of nitrogens with zero attached hydrogens (tertiary/aromatic N) is 2. The lowest BCUT2D eigenvalue weighted by Crippen LogP contribution is -2.44. The fraction of sp³-hybridized carbons (Fsp3) is 0.375. The summed E-state index contributed by atoms with van der Waals surface area (Å²) in [6.07, 6.45) is 1.21. The van der Waals surface area contributed by atoms with E-state index >= 15 is 0 Å². The lowest BCUT2D eigenvalue weighted by Gasteiger charge is -2.33. The molecule has 0 saturated heterocycles. The Morgan fingerprint density at radius 1 is 1.42 bits per heavy atom. The number of halogens is 2. The van der Waals surface area contributed by atoms with Gasteiger partial charge in [-0.2, -0.15) is 0 Å². The van der Waals surface area contributed by atoms with E-state index in [1.807, 2.05) is 0 Å². The van der Waals surface area contributed by atoms with Gasteiger partial charge in [-0.3, -0.25) is 4.79 Å². The third kappa shape index (κ3) is 3.38. The first-order valence-electron chi connectivity index (χ1n) is 7.39. The van der Waals surface area contributed by atoms with Gasteiger partial charge in [-0.1, -0.05) is 0 Å². The van der Waals surface area contributed by atoms with E-state index in [1.54, 1.807) is 20.0 Å². The molecule has 2 heterocycles. The topological polar surface area (TPSA) is 64.8 Å². The summed E-state index contributed by atoms with van der Waals surface area (Å²) in [5, 5.41) is 0. The van der Waals surface area contributed by atoms with E-state index in [4.69, 9.17) is 13.9 Å². The van der Waals surface area contributed by atoms with Crippen LogP contribution in [0.1, 0.15) is 18.6 Å². The van der Waals surface area contributed by atoms with Crippen LogP contribution in [0.3, 0.4) is 0 Å². The Morgan fingerprint density at radius 3 is 2.88 bits per heavy atom. The monoisotopic (exact) mass is 338 g/mol. The second-order valence-corrected chi connectivity index (χ2v) is 5.52. The Bertz CT molecular complexity index is 763. The van der Waals surface area contributed by atoms with Crippen LogP contribution >= 0.6 is 0 Å². The highest BCUT2D eigenvalue weighted by Crippen LogP contribution is 2.35. The summed E-state index contributed by atoms with van der Waals surface area (Å²) >= 11 is 0. The zero-order valence-corrected chi connectivity index (χ0v) is 13.2. The molecular formula is C16H16F2N2O4. The minimum absolute atomic E-state index is 0.0457. The van der Waals surface area contributed by atoms with Crippen LogP contribution in [0.25, 0.3) is 0 Å². The predicted octanol–water partition coefficient (Wildman–Crippen LogP) is 2.59. The van der Waals surface area contributed by atoms with Crippen LogP contribution in [0, 0.1) is 18.6 Å². The van der Waals surface area contributed by atoms with Crippen molar-refractivity contribution in [3.05, 3.63) is 41.6 Å². The molecule has 1 atom stereocenters. The number of hydrogen-bond acceptors (Lipinski definition) is 5. The van der Waals surface area contributed by atoms with Gasteiger partial charge >= 0.3 is 0 Å². The average molecular weight is 338 g/mol. The van der Waals surface area contributed by atoms with Crippen molar-refractivity contribution in [1.29, 1.82) is 0 Å². The molecule has 2 aromatic rings. The zero-order valence-electron chi connectivity index (χ0n) is 13.2. The third-order valence-electron chi connectivity index (χ3n) is 3.48. The number of rotatable bonds is 4. The molecule has 0 fully saturated rings. The molecule has 1 aromatic carbocycles. The van der Waals surface area contributed by atoms with Crippen molar-refractivity contribution in [2.45, 2.75) is 26.6 Å². The van der Waals surface area contributed by atoms with Crippen molar-refractivity contribution in [3.8, 4) is 5.75 Å². The van der Waals surface area contributed by atoms with Crippen molar-refractivity contribution >= 4 is 11.6 Å². The molecule has 8 heteroatoms. The zero-order chi connectivity index (χ0) is 17.3.